The van der Waals surface area contributed by atoms with Gasteiger partial charge in [-0.05, 0) is 18.2 Å². The number of halogens is 6. The van der Waals surface area contributed by atoms with Crippen molar-refractivity contribution in [3.8, 4) is 5.69 Å². The van der Waals surface area contributed by atoms with Gasteiger partial charge in [0.15, 0.2) is 0 Å². The maximum Gasteiger partial charge on any atom is 0.418 e. The van der Waals surface area contributed by atoms with Gasteiger partial charge in [0.2, 0.25) is 0 Å². The lowest BCUT2D eigenvalue weighted by atomic mass is 10.1. The van der Waals surface area contributed by atoms with Crippen LogP contribution >= 0.6 is 0 Å². The number of benzene rings is 1. The number of aromatic nitrogens is 1. The van der Waals surface area contributed by atoms with Gasteiger partial charge in [0.05, 0.1) is 16.8 Å². The summed E-state index contributed by atoms with van der Waals surface area (Å²) >= 11 is 0. The van der Waals surface area contributed by atoms with Crippen molar-refractivity contribution in [2.24, 2.45) is 0 Å². The van der Waals surface area contributed by atoms with E-state index in [1.54, 1.807) is 0 Å². The molecule has 1 heterocycles. The van der Waals surface area contributed by atoms with Crippen molar-refractivity contribution >= 4 is 0 Å². The van der Waals surface area contributed by atoms with Crippen LogP contribution in [-0.2, 0) is 12.4 Å². The quantitative estimate of drug-likeness (QED) is 0.685. The summed E-state index contributed by atoms with van der Waals surface area (Å²) < 4.78 is 77.7. The van der Waals surface area contributed by atoms with Crippen LogP contribution in [0.2, 0.25) is 0 Å². The number of hydrogen-bond donors (Lipinski definition) is 0. The van der Waals surface area contributed by atoms with Gasteiger partial charge in [-0.25, -0.2) is 0 Å². The Morgan fingerprint density at radius 1 is 0.895 bits per heavy atom. The van der Waals surface area contributed by atoms with Crippen LogP contribution in [0.4, 0.5) is 26.3 Å². The fourth-order valence-corrected chi connectivity index (χ4v) is 1.71. The first kappa shape index (κ1) is 13.5. The molecule has 0 bridgehead atoms. The van der Waals surface area contributed by atoms with Crippen molar-refractivity contribution in [3.05, 3.63) is 53.9 Å². The smallest absolute Gasteiger partial charge is 0.322 e. The lowest BCUT2D eigenvalue weighted by Gasteiger charge is -2.19. The summed E-state index contributed by atoms with van der Waals surface area (Å²) in [6, 6.07) is 5.61. The molecule has 0 spiro atoms. The van der Waals surface area contributed by atoms with E-state index in [9.17, 15) is 26.3 Å². The first-order valence-electron chi connectivity index (χ1n) is 5.03. The van der Waals surface area contributed by atoms with Crippen molar-refractivity contribution in [2.45, 2.75) is 12.4 Å². The molecule has 7 heteroatoms. The van der Waals surface area contributed by atoms with E-state index in [1.165, 1.54) is 6.07 Å². The van der Waals surface area contributed by atoms with E-state index in [4.69, 9.17) is 0 Å². The molecule has 1 nitrogen and oxygen atoms in total. The summed E-state index contributed by atoms with van der Waals surface area (Å²) in [6.45, 7) is 0. The van der Waals surface area contributed by atoms with Crippen LogP contribution < -0.4 is 0 Å². The number of nitrogens with zero attached hydrogens (tertiary/aromatic N) is 1. The molecule has 0 amide bonds. The van der Waals surface area contributed by atoms with Gasteiger partial charge >= 0.3 is 12.4 Å². The van der Waals surface area contributed by atoms with E-state index in [-0.39, 0.29) is 0 Å². The fraction of sp³-hybridized carbons (Fsp3) is 0.167. The largest absolute Gasteiger partial charge is 0.418 e. The minimum Gasteiger partial charge on any atom is -0.322 e. The van der Waals surface area contributed by atoms with Gasteiger partial charge in [0.25, 0.3) is 0 Å². The molecule has 19 heavy (non-hydrogen) atoms. The van der Waals surface area contributed by atoms with Gasteiger partial charge in [0, 0.05) is 18.5 Å². The molecular formula is C12H6F6N. The highest BCUT2D eigenvalue weighted by atomic mass is 19.4. The molecule has 2 rings (SSSR count). The third-order valence-corrected chi connectivity index (χ3v) is 2.45. The predicted molar refractivity (Wildman–Crippen MR) is 54.6 cm³/mol. The average Bonchev–Trinajstić information content (AvgIpc) is 2.78. The molecule has 0 atom stereocenters. The lowest BCUT2D eigenvalue weighted by molar-refractivity contribution is -0.142. The maximum atomic E-state index is 12.8. The second-order valence-corrected chi connectivity index (χ2v) is 3.72. The van der Waals surface area contributed by atoms with Crippen molar-refractivity contribution in [2.75, 3.05) is 0 Å². The number of para-hydroxylation sites is 1. The van der Waals surface area contributed by atoms with E-state index in [2.05, 4.69) is 6.07 Å². The molecule has 0 aliphatic heterocycles. The molecule has 0 saturated heterocycles. The van der Waals surface area contributed by atoms with Crippen LogP contribution in [0, 0.1) is 6.07 Å². The van der Waals surface area contributed by atoms with Crippen LogP contribution in [0.5, 0.6) is 0 Å². The van der Waals surface area contributed by atoms with Crippen LogP contribution in [0.25, 0.3) is 5.69 Å². The highest BCUT2D eigenvalue weighted by molar-refractivity contribution is 5.51. The Kier molecular flexibility index (Phi) is 3.07. The van der Waals surface area contributed by atoms with Crippen molar-refractivity contribution in [3.63, 3.8) is 0 Å². The summed E-state index contributed by atoms with van der Waals surface area (Å²) in [4.78, 5) is 0. The highest BCUT2D eigenvalue weighted by Gasteiger charge is 2.41. The molecule has 0 saturated carbocycles. The normalized spacial score (nSPS) is 12.7. The van der Waals surface area contributed by atoms with Gasteiger partial charge in [-0.15, -0.1) is 0 Å². The Hall–Kier alpha value is -1.92. The number of alkyl halides is 6. The highest BCUT2D eigenvalue weighted by Crippen LogP contribution is 2.41. The average molecular weight is 278 g/mol. The van der Waals surface area contributed by atoms with Gasteiger partial charge in [-0.1, -0.05) is 6.07 Å². The molecule has 1 aromatic heterocycles. The van der Waals surface area contributed by atoms with Crippen LogP contribution in [0.1, 0.15) is 11.1 Å². The van der Waals surface area contributed by atoms with Gasteiger partial charge in [-0.2, -0.15) is 26.3 Å². The maximum absolute atomic E-state index is 12.8. The third-order valence-electron chi connectivity index (χ3n) is 2.45. The molecule has 0 aliphatic rings. The summed E-state index contributed by atoms with van der Waals surface area (Å²) in [5, 5.41) is 0. The topological polar surface area (TPSA) is 4.93 Å². The standard InChI is InChI=1S/C12H6F6N/c13-11(14,15)8-4-3-5-9(12(16,17)18)10(8)19-6-1-2-7-19/h1,3-7H. The zero-order valence-electron chi connectivity index (χ0n) is 9.18. The van der Waals surface area contributed by atoms with E-state index in [0.717, 1.165) is 23.0 Å². The van der Waals surface area contributed by atoms with Crippen LogP contribution in [0.3, 0.4) is 0 Å². The molecule has 0 N–H and O–H groups in total. The lowest BCUT2D eigenvalue weighted by Crippen LogP contribution is -2.17. The molecule has 1 radical (unpaired) electrons. The van der Waals surface area contributed by atoms with E-state index < -0.39 is 29.2 Å². The van der Waals surface area contributed by atoms with Gasteiger partial charge < -0.3 is 4.57 Å². The second kappa shape index (κ2) is 4.32. The van der Waals surface area contributed by atoms with Crippen molar-refractivity contribution in [1.29, 1.82) is 0 Å². The number of hydrogen-bond acceptors (Lipinski definition) is 0. The van der Waals surface area contributed by atoms with E-state index in [1.807, 2.05) is 0 Å². The Morgan fingerprint density at radius 2 is 1.42 bits per heavy atom. The third kappa shape index (κ3) is 2.59. The Balaban J connectivity index is 2.78. The molecule has 2 aromatic rings. The number of rotatable bonds is 1. The fourth-order valence-electron chi connectivity index (χ4n) is 1.71. The van der Waals surface area contributed by atoms with Crippen LogP contribution in [0.15, 0.2) is 36.7 Å². The van der Waals surface area contributed by atoms with E-state index >= 15 is 0 Å². The molecular weight excluding hydrogens is 272 g/mol. The van der Waals surface area contributed by atoms with Gasteiger partial charge in [-0.3, -0.25) is 0 Å². The molecule has 101 valence electrons. The zero-order valence-corrected chi connectivity index (χ0v) is 9.18. The second-order valence-electron chi connectivity index (χ2n) is 3.72. The Bertz CT molecular complexity index is 533. The Labute approximate surface area is 104 Å². The SMILES string of the molecule is FC(F)(F)c1cccc(C(F)(F)F)c1-n1c[c]cc1. The minimum atomic E-state index is -4.87. The van der Waals surface area contributed by atoms with Crippen molar-refractivity contribution in [1.82, 2.24) is 4.57 Å². The first-order chi connectivity index (χ1) is 8.71. The minimum absolute atomic E-state index is 0.616. The van der Waals surface area contributed by atoms with Gasteiger partial charge in [0.1, 0.15) is 0 Å². The zero-order chi connectivity index (χ0) is 14.3. The van der Waals surface area contributed by atoms with Crippen molar-refractivity contribution < 1.29 is 26.3 Å². The summed E-state index contributed by atoms with van der Waals surface area (Å²) in [5.74, 6) is 0. The van der Waals surface area contributed by atoms with E-state index in [0.29, 0.717) is 12.1 Å². The monoisotopic (exact) mass is 278 g/mol. The first-order valence-corrected chi connectivity index (χ1v) is 5.03. The molecule has 1 aromatic carbocycles. The summed E-state index contributed by atoms with van der Waals surface area (Å²) in [5.41, 5.74) is -3.62. The Morgan fingerprint density at radius 3 is 1.79 bits per heavy atom. The summed E-state index contributed by atoms with van der Waals surface area (Å²) in [7, 11) is 0. The molecule has 0 fully saturated rings. The molecule has 0 aliphatic carbocycles. The summed E-state index contributed by atoms with van der Waals surface area (Å²) in [6.07, 6.45) is -7.65. The van der Waals surface area contributed by atoms with Crippen LogP contribution in [-0.4, -0.2) is 4.57 Å². The molecule has 0 unspecified atom stereocenters. The predicted octanol–water partition coefficient (Wildman–Crippen LogP) is 4.32.